The summed E-state index contributed by atoms with van der Waals surface area (Å²) in [5.41, 5.74) is 2.99. The van der Waals surface area contributed by atoms with Crippen molar-refractivity contribution in [2.24, 2.45) is 0 Å². The molecule has 0 spiro atoms. The van der Waals surface area contributed by atoms with Crippen molar-refractivity contribution in [2.45, 2.75) is 0 Å². The predicted octanol–water partition coefficient (Wildman–Crippen LogP) is 5.02. The van der Waals surface area contributed by atoms with Crippen LogP contribution in [-0.2, 0) is 0 Å². The third-order valence-electron chi connectivity index (χ3n) is 3.85. The van der Waals surface area contributed by atoms with Gasteiger partial charge in [0, 0.05) is 23.3 Å². The van der Waals surface area contributed by atoms with Gasteiger partial charge in [-0.15, -0.1) is 11.3 Å². The molecule has 0 saturated heterocycles. The van der Waals surface area contributed by atoms with Crippen molar-refractivity contribution in [3.8, 4) is 27.6 Å². The van der Waals surface area contributed by atoms with Gasteiger partial charge in [-0.1, -0.05) is 30.3 Å². The number of ether oxygens (including phenoxy) is 1. The fourth-order valence-electron chi connectivity index (χ4n) is 2.56. The van der Waals surface area contributed by atoms with Crippen LogP contribution in [-0.4, -0.2) is 22.1 Å². The predicted molar refractivity (Wildman–Crippen MR) is 105 cm³/mol. The van der Waals surface area contributed by atoms with E-state index in [1.165, 1.54) is 0 Å². The molecule has 0 aliphatic carbocycles. The molecule has 0 saturated carbocycles. The van der Waals surface area contributed by atoms with E-state index in [4.69, 9.17) is 4.74 Å². The Balaban J connectivity index is 1.61. The Hall–Kier alpha value is -3.25. The van der Waals surface area contributed by atoms with E-state index in [0.717, 1.165) is 21.8 Å². The summed E-state index contributed by atoms with van der Waals surface area (Å²) in [5.74, 6) is 1.96. The molecule has 0 fully saturated rings. The van der Waals surface area contributed by atoms with Crippen LogP contribution in [0.1, 0.15) is 0 Å². The molecule has 0 radical (unpaired) electrons. The lowest BCUT2D eigenvalue weighted by atomic mass is 10.1. The summed E-state index contributed by atoms with van der Waals surface area (Å²) in [5, 5.41) is 6.03. The first-order chi connectivity index (χ1) is 12.8. The maximum Gasteiger partial charge on any atom is 0.175 e. The van der Waals surface area contributed by atoms with Crippen LogP contribution >= 0.6 is 11.3 Å². The second kappa shape index (κ2) is 7.33. The van der Waals surface area contributed by atoms with E-state index in [0.29, 0.717) is 17.4 Å². The summed E-state index contributed by atoms with van der Waals surface area (Å²) in [4.78, 5) is 13.4. The molecule has 1 N–H and O–H groups in total. The number of nitrogens with zero attached hydrogens (tertiary/aromatic N) is 3. The molecule has 4 rings (SSSR count). The van der Waals surface area contributed by atoms with E-state index < -0.39 is 0 Å². The molecule has 0 atom stereocenters. The molecule has 0 bridgehead atoms. The lowest BCUT2D eigenvalue weighted by molar-refractivity contribution is 0.415. The van der Waals surface area contributed by atoms with E-state index in [9.17, 15) is 0 Å². The number of anilines is 2. The molecule has 0 unspecified atom stereocenters. The SMILES string of the molecule is COc1ccc(-c2nccs2)nc1Nc1ccc(-c2ccccc2)cn1. The number of rotatable bonds is 5. The molecule has 6 heteroatoms. The smallest absolute Gasteiger partial charge is 0.175 e. The van der Waals surface area contributed by atoms with Crippen LogP contribution < -0.4 is 10.1 Å². The van der Waals surface area contributed by atoms with E-state index in [1.54, 1.807) is 24.6 Å². The van der Waals surface area contributed by atoms with Crippen molar-refractivity contribution >= 4 is 23.0 Å². The van der Waals surface area contributed by atoms with Gasteiger partial charge >= 0.3 is 0 Å². The Morgan fingerprint density at radius 1 is 0.923 bits per heavy atom. The average Bonchev–Trinajstić information content (AvgIpc) is 3.24. The number of hydrogen-bond acceptors (Lipinski definition) is 6. The van der Waals surface area contributed by atoms with Gasteiger partial charge in [-0.2, -0.15) is 0 Å². The molecule has 0 amide bonds. The molecule has 3 aromatic heterocycles. The summed E-state index contributed by atoms with van der Waals surface area (Å²) < 4.78 is 5.41. The minimum atomic E-state index is 0.611. The zero-order valence-corrected chi connectivity index (χ0v) is 14.9. The molecule has 0 aliphatic rings. The summed E-state index contributed by atoms with van der Waals surface area (Å²) in [6, 6.07) is 17.9. The molecule has 5 nitrogen and oxygen atoms in total. The zero-order valence-electron chi connectivity index (χ0n) is 14.1. The van der Waals surface area contributed by atoms with E-state index in [1.807, 2.05) is 54.0 Å². The first-order valence-corrected chi connectivity index (χ1v) is 8.95. The Kier molecular flexibility index (Phi) is 4.57. The maximum atomic E-state index is 5.41. The Morgan fingerprint density at radius 2 is 1.81 bits per heavy atom. The second-order valence-electron chi connectivity index (χ2n) is 5.51. The monoisotopic (exact) mass is 360 g/mol. The van der Waals surface area contributed by atoms with Gasteiger partial charge in [0.1, 0.15) is 16.5 Å². The maximum absolute atomic E-state index is 5.41. The molecule has 4 aromatic rings. The highest BCUT2D eigenvalue weighted by Crippen LogP contribution is 2.30. The number of aromatic nitrogens is 3. The molecule has 1 aromatic carbocycles. The second-order valence-corrected chi connectivity index (χ2v) is 6.40. The fraction of sp³-hybridized carbons (Fsp3) is 0.0500. The van der Waals surface area contributed by atoms with Crippen LogP contribution in [0, 0.1) is 0 Å². The normalized spacial score (nSPS) is 10.5. The van der Waals surface area contributed by atoms with Gasteiger partial charge in [0.2, 0.25) is 0 Å². The summed E-state index contributed by atoms with van der Waals surface area (Å²) in [6.45, 7) is 0. The molecule has 0 aliphatic heterocycles. The van der Waals surface area contributed by atoms with Crippen LogP contribution in [0.15, 0.2) is 72.4 Å². The highest BCUT2D eigenvalue weighted by Gasteiger charge is 2.10. The van der Waals surface area contributed by atoms with Gasteiger partial charge < -0.3 is 10.1 Å². The van der Waals surface area contributed by atoms with Crippen molar-refractivity contribution < 1.29 is 4.74 Å². The first kappa shape index (κ1) is 16.2. The summed E-state index contributed by atoms with van der Waals surface area (Å²) in [7, 11) is 1.62. The highest BCUT2D eigenvalue weighted by atomic mass is 32.1. The van der Waals surface area contributed by atoms with E-state index >= 15 is 0 Å². The molecular formula is C20H16N4OS. The third kappa shape index (κ3) is 3.41. The Labute approximate surface area is 155 Å². The van der Waals surface area contributed by atoms with Crippen molar-refractivity contribution in [3.05, 3.63) is 72.4 Å². The first-order valence-electron chi connectivity index (χ1n) is 8.07. The van der Waals surface area contributed by atoms with Gasteiger partial charge in [-0.05, 0) is 29.8 Å². The standard InChI is InChI=1S/C20H16N4OS/c1-25-17-9-8-16(20-21-11-12-26-20)23-19(17)24-18-10-7-15(13-22-18)14-5-3-2-4-6-14/h2-13H,1H3,(H,22,23,24). The number of hydrogen-bond donors (Lipinski definition) is 1. The number of nitrogens with one attached hydrogen (secondary N) is 1. The summed E-state index contributed by atoms with van der Waals surface area (Å²) in [6.07, 6.45) is 3.61. The summed E-state index contributed by atoms with van der Waals surface area (Å²) >= 11 is 1.55. The van der Waals surface area contributed by atoms with Gasteiger partial charge in [0.05, 0.1) is 7.11 Å². The molecule has 26 heavy (non-hydrogen) atoms. The Morgan fingerprint density at radius 3 is 2.50 bits per heavy atom. The van der Waals surface area contributed by atoms with Crippen molar-refractivity contribution in [1.82, 2.24) is 15.0 Å². The fourth-order valence-corrected chi connectivity index (χ4v) is 3.17. The van der Waals surface area contributed by atoms with Crippen LogP contribution in [0.5, 0.6) is 5.75 Å². The van der Waals surface area contributed by atoms with Crippen LogP contribution in [0.4, 0.5) is 11.6 Å². The van der Waals surface area contributed by atoms with E-state index in [-0.39, 0.29) is 0 Å². The minimum Gasteiger partial charge on any atom is -0.493 e. The molecular weight excluding hydrogens is 344 g/mol. The van der Waals surface area contributed by atoms with Gasteiger partial charge in [0.15, 0.2) is 11.6 Å². The van der Waals surface area contributed by atoms with Gasteiger partial charge in [-0.3, -0.25) is 0 Å². The highest BCUT2D eigenvalue weighted by molar-refractivity contribution is 7.13. The van der Waals surface area contributed by atoms with Crippen molar-refractivity contribution in [1.29, 1.82) is 0 Å². The van der Waals surface area contributed by atoms with Gasteiger partial charge in [0.25, 0.3) is 0 Å². The average molecular weight is 360 g/mol. The minimum absolute atomic E-state index is 0.611. The topological polar surface area (TPSA) is 59.9 Å². The molecule has 128 valence electrons. The lowest BCUT2D eigenvalue weighted by Gasteiger charge is -2.11. The van der Waals surface area contributed by atoms with Crippen LogP contribution in [0.2, 0.25) is 0 Å². The van der Waals surface area contributed by atoms with Crippen molar-refractivity contribution in [2.75, 3.05) is 12.4 Å². The van der Waals surface area contributed by atoms with Crippen molar-refractivity contribution in [3.63, 3.8) is 0 Å². The number of benzene rings is 1. The van der Waals surface area contributed by atoms with E-state index in [2.05, 4.69) is 32.4 Å². The number of methoxy groups -OCH3 is 1. The number of thiazole rings is 1. The Bertz CT molecular complexity index is 986. The van der Waals surface area contributed by atoms with Crippen LogP contribution in [0.3, 0.4) is 0 Å². The third-order valence-corrected chi connectivity index (χ3v) is 4.64. The quantitative estimate of drug-likeness (QED) is 0.541. The molecule has 3 heterocycles. The number of pyridine rings is 2. The lowest BCUT2D eigenvalue weighted by Crippen LogP contribution is -2.00. The largest absolute Gasteiger partial charge is 0.493 e. The van der Waals surface area contributed by atoms with Gasteiger partial charge in [-0.25, -0.2) is 15.0 Å². The van der Waals surface area contributed by atoms with Crippen LogP contribution in [0.25, 0.3) is 21.8 Å². The zero-order chi connectivity index (χ0) is 17.8.